The minimum absolute atomic E-state index is 0.244. The van der Waals surface area contributed by atoms with Crippen LogP contribution in [0.5, 0.6) is 0 Å². The van der Waals surface area contributed by atoms with Crippen molar-refractivity contribution in [2.75, 3.05) is 4.90 Å². The Labute approximate surface area is 382 Å². The van der Waals surface area contributed by atoms with Crippen LogP contribution in [0.15, 0.2) is 249 Å². The summed E-state index contributed by atoms with van der Waals surface area (Å²) >= 11 is 0. The SMILES string of the molecule is CC1(C)c2cc(-c3ccc(-c4ccccc4)cc3)ccc2-c2ccc(N(c3ccccc3-c3ccccc3)c3cccc4c3-c3ccccc3C4(c3ccccc3)c3ccccc3)cc21. The second kappa shape index (κ2) is 15.4. The van der Waals surface area contributed by atoms with Gasteiger partial charge < -0.3 is 4.90 Å². The van der Waals surface area contributed by atoms with E-state index in [0.29, 0.717) is 0 Å². The second-order valence-corrected chi connectivity index (χ2v) is 18.0. The van der Waals surface area contributed by atoms with E-state index >= 15 is 0 Å². The molecule has 2 aliphatic carbocycles. The molecule has 0 N–H and O–H groups in total. The van der Waals surface area contributed by atoms with Crippen molar-refractivity contribution in [1.82, 2.24) is 0 Å². The molecule has 0 amide bonds. The van der Waals surface area contributed by atoms with Crippen molar-refractivity contribution >= 4 is 17.1 Å². The normalized spacial score (nSPS) is 13.6. The van der Waals surface area contributed by atoms with Crippen LogP contribution in [0, 0.1) is 0 Å². The molecule has 308 valence electrons. The molecule has 0 aliphatic heterocycles. The van der Waals surface area contributed by atoms with Crippen LogP contribution in [0.3, 0.4) is 0 Å². The quantitative estimate of drug-likeness (QED) is 0.147. The molecule has 1 heteroatoms. The molecule has 10 aromatic rings. The van der Waals surface area contributed by atoms with Gasteiger partial charge in [-0.3, -0.25) is 0 Å². The van der Waals surface area contributed by atoms with Crippen LogP contribution in [0.25, 0.3) is 55.6 Å². The molecule has 0 radical (unpaired) electrons. The molecule has 65 heavy (non-hydrogen) atoms. The van der Waals surface area contributed by atoms with Gasteiger partial charge in [-0.1, -0.05) is 232 Å². The Morgan fingerprint density at radius 2 is 0.754 bits per heavy atom. The lowest BCUT2D eigenvalue weighted by molar-refractivity contribution is 0.660. The minimum atomic E-state index is -0.518. The summed E-state index contributed by atoms with van der Waals surface area (Å²) in [6.45, 7) is 4.80. The predicted molar refractivity (Wildman–Crippen MR) is 272 cm³/mol. The van der Waals surface area contributed by atoms with E-state index in [-0.39, 0.29) is 5.41 Å². The zero-order valence-electron chi connectivity index (χ0n) is 36.6. The van der Waals surface area contributed by atoms with Crippen LogP contribution in [0.2, 0.25) is 0 Å². The molecule has 0 heterocycles. The molecule has 0 saturated heterocycles. The number of benzene rings is 10. The highest BCUT2D eigenvalue weighted by Gasteiger charge is 2.47. The Bertz CT molecular complexity index is 3330. The smallest absolute Gasteiger partial charge is 0.0714 e. The molecule has 0 spiro atoms. The Morgan fingerprint density at radius 3 is 1.42 bits per heavy atom. The summed E-state index contributed by atoms with van der Waals surface area (Å²) in [7, 11) is 0. The maximum Gasteiger partial charge on any atom is 0.0714 e. The van der Waals surface area contributed by atoms with Gasteiger partial charge in [0.1, 0.15) is 0 Å². The first-order chi connectivity index (χ1) is 32.0. The van der Waals surface area contributed by atoms with Gasteiger partial charge >= 0.3 is 0 Å². The van der Waals surface area contributed by atoms with Gasteiger partial charge in [0.05, 0.1) is 16.8 Å². The van der Waals surface area contributed by atoms with Crippen molar-refractivity contribution in [1.29, 1.82) is 0 Å². The van der Waals surface area contributed by atoms with E-state index < -0.39 is 5.41 Å². The first kappa shape index (κ1) is 38.7. The summed E-state index contributed by atoms with van der Waals surface area (Å²) in [5.41, 5.74) is 22.9. The highest BCUT2D eigenvalue weighted by molar-refractivity contribution is 6.00. The van der Waals surface area contributed by atoms with E-state index in [1.165, 1.54) is 89.0 Å². The third-order valence-electron chi connectivity index (χ3n) is 14.2. The van der Waals surface area contributed by atoms with E-state index in [9.17, 15) is 0 Å². The Morgan fingerprint density at radius 1 is 0.292 bits per heavy atom. The molecule has 0 fully saturated rings. The van der Waals surface area contributed by atoms with Crippen LogP contribution in [-0.4, -0.2) is 0 Å². The fourth-order valence-corrected chi connectivity index (χ4v) is 11.1. The number of rotatable bonds is 8. The Kier molecular flexibility index (Phi) is 9.14. The molecule has 2 aliphatic rings. The van der Waals surface area contributed by atoms with Gasteiger partial charge in [0, 0.05) is 22.2 Å². The molecule has 0 unspecified atom stereocenters. The van der Waals surface area contributed by atoms with E-state index in [1.807, 2.05) is 0 Å². The number of fused-ring (bicyclic) bond motifs is 6. The molecular weight excluding hydrogens is 783 g/mol. The zero-order chi connectivity index (χ0) is 43.5. The second-order valence-electron chi connectivity index (χ2n) is 18.0. The zero-order valence-corrected chi connectivity index (χ0v) is 36.6. The maximum atomic E-state index is 2.54. The van der Waals surface area contributed by atoms with Crippen molar-refractivity contribution in [2.24, 2.45) is 0 Å². The minimum Gasteiger partial charge on any atom is -0.309 e. The van der Waals surface area contributed by atoms with Gasteiger partial charge in [-0.05, 0) is 108 Å². The van der Waals surface area contributed by atoms with Crippen molar-refractivity contribution in [3.8, 4) is 55.6 Å². The number of nitrogens with zero attached hydrogens (tertiary/aromatic N) is 1. The van der Waals surface area contributed by atoms with Gasteiger partial charge in [-0.2, -0.15) is 0 Å². The molecule has 0 atom stereocenters. The van der Waals surface area contributed by atoms with E-state index in [2.05, 4.69) is 267 Å². The summed E-state index contributed by atoms with van der Waals surface area (Å²) in [5, 5.41) is 0. The topological polar surface area (TPSA) is 3.24 Å². The van der Waals surface area contributed by atoms with E-state index in [0.717, 1.165) is 17.1 Å². The van der Waals surface area contributed by atoms with E-state index in [1.54, 1.807) is 0 Å². The van der Waals surface area contributed by atoms with Crippen molar-refractivity contribution in [2.45, 2.75) is 24.7 Å². The molecular formula is C64H47N. The van der Waals surface area contributed by atoms with Crippen LogP contribution < -0.4 is 4.90 Å². The average molecular weight is 830 g/mol. The van der Waals surface area contributed by atoms with Crippen LogP contribution >= 0.6 is 0 Å². The molecule has 12 rings (SSSR count). The number of hydrogen-bond acceptors (Lipinski definition) is 1. The summed E-state index contributed by atoms with van der Waals surface area (Å²) in [6.07, 6.45) is 0. The lowest BCUT2D eigenvalue weighted by Crippen LogP contribution is -2.28. The summed E-state index contributed by atoms with van der Waals surface area (Å²) in [4.78, 5) is 2.54. The summed E-state index contributed by atoms with van der Waals surface area (Å²) < 4.78 is 0. The highest BCUT2D eigenvalue weighted by atomic mass is 15.1. The van der Waals surface area contributed by atoms with Crippen molar-refractivity contribution in [3.05, 3.63) is 282 Å². The fourth-order valence-electron chi connectivity index (χ4n) is 11.1. The molecule has 10 aromatic carbocycles. The summed E-state index contributed by atoms with van der Waals surface area (Å²) in [6, 6.07) is 92.0. The van der Waals surface area contributed by atoms with Crippen LogP contribution in [-0.2, 0) is 10.8 Å². The van der Waals surface area contributed by atoms with Gasteiger partial charge in [-0.15, -0.1) is 0 Å². The fraction of sp³-hybridized carbons (Fsp3) is 0.0625. The first-order valence-corrected chi connectivity index (χ1v) is 22.8. The number of para-hydroxylation sites is 1. The number of hydrogen-bond donors (Lipinski definition) is 0. The van der Waals surface area contributed by atoms with Gasteiger partial charge in [-0.25, -0.2) is 0 Å². The van der Waals surface area contributed by atoms with Crippen molar-refractivity contribution < 1.29 is 0 Å². The monoisotopic (exact) mass is 829 g/mol. The molecule has 0 saturated carbocycles. The van der Waals surface area contributed by atoms with Gasteiger partial charge in [0.15, 0.2) is 0 Å². The standard InChI is InChI=1S/C64H47N/c1-63(2)58-42-48(46-36-34-45(35-37-46)44-20-7-3-8-21-44)38-40-53(58)54-41-39-51(43-59(54)63)65(60-32-18-16-28-52(60)47-22-9-4-10-23-47)61-33-19-31-57-62(61)55-29-15-17-30-56(55)64(57,49-24-11-5-12-25-49)50-26-13-6-14-27-50/h3-43H,1-2H3. The van der Waals surface area contributed by atoms with Crippen LogP contribution in [0.4, 0.5) is 17.1 Å². The molecule has 0 aromatic heterocycles. The largest absolute Gasteiger partial charge is 0.309 e. The Balaban J connectivity index is 1.05. The summed E-state index contributed by atoms with van der Waals surface area (Å²) in [5.74, 6) is 0. The van der Waals surface area contributed by atoms with Crippen molar-refractivity contribution in [3.63, 3.8) is 0 Å². The van der Waals surface area contributed by atoms with Gasteiger partial charge in [0.2, 0.25) is 0 Å². The molecule has 1 nitrogen and oxygen atoms in total. The lowest BCUT2D eigenvalue weighted by atomic mass is 9.68. The Hall–Kier alpha value is -8.00. The third kappa shape index (κ3) is 6.07. The van der Waals surface area contributed by atoms with Crippen LogP contribution in [0.1, 0.15) is 47.2 Å². The maximum absolute atomic E-state index is 2.54. The first-order valence-electron chi connectivity index (χ1n) is 22.8. The molecule has 0 bridgehead atoms. The lowest BCUT2D eigenvalue weighted by Gasteiger charge is -2.35. The van der Waals surface area contributed by atoms with Gasteiger partial charge in [0.25, 0.3) is 0 Å². The average Bonchev–Trinajstić information content (AvgIpc) is 3.81. The van der Waals surface area contributed by atoms with E-state index in [4.69, 9.17) is 0 Å². The highest BCUT2D eigenvalue weighted by Crippen LogP contribution is 2.60. The number of anilines is 3. The third-order valence-corrected chi connectivity index (χ3v) is 14.2. The predicted octanol–water partition coefficient (Wildman–Crippen LogP) is 16.8.